The first-order valence-electron chi connectivity index (χ1n) is 15.5. The number of amides is 2. The summed E-state index contributed by atoms with van der Waals surface area (Å²) >= 11 is 0. The highest BCUT2D eigenvalue weighted by Crippen LogP contribution is 2.33. The van der Waals surface area contributed by atoms with Gasteiger partial charge in [0.1, 0.15) is 18.0 Å². The van der Waals surface area contributed by atoms with Gasteiger partial charge in [0.25, 0.3) is 5.91 Å². The molecule has 2 amide bonds. The molecule has 7 heteroatoms. The Hall–Kier alpha value is -4.91. The number of hydrogen-bond donors (Lipinski definition) is 1. The van der Waals surface area contributed by atoms with Gasteiger partial charge < -0.3 is 19.7 Å². The molecule has 2 aromatic carbocycles. The summed E-state index contributed by atoms with van der Waals surface area (Å²) in [7, 11) is 0. The van der Waals surface area contributed by atoms with E-state index in [-0.39, 0.29) is 5.91 Å². The lowest BCUT2D eigenvalue weighted by molar-refractivity contribution is 0.0523. The molecule has 0 bridgehead atoms. The molecule has 2 heterocycles. The van der Waals surface area contributed by atoms with Crippen molar-refractivity contribution in [2.45, 2.75) is 59.3 Å². The van der Waals surface area contributed by atoms with Crippen molar-refractivity contribution in [3.63, 3.8) is 0 Å². The summed E-state index contributed by atoms with van der Waals surface area (Å²) in [6.07, 6.45) is 4.77. The van der Waals surface area contributed by atoms with Gasteiger partial charge in [0, 0.05) is 31.4 Å². The van der Waals surface area contributed by atoms with E-state index in [0.717, 1.165) is 33.7 Å². The van der Waals surface area contributed by atoms with Crippen molar-refractivity contribution in [2.75, 3.05) is 13.1 Å². The van der Waals surface area contributed by atoms with Crippen molar-refractivity contribution in [1.29, 1.82) is 0 Å². The minimum absolute atomic E-state index is 0.00566. The summed E-state index contributed by atoms with van der Waals surface area (Å²) in [5, 5.41) is 2.83. The van der Waals surface area contributed by atoms with E-state index in [1.54, 1.807) is 6.20 Å². The summed E-state index contributed by atoms with van der Waals surface area (Å²) < 4.78 is 11.6. The number of ether oxygens (including phenoxy) is 2. The van der Waals surface area contributed by atoms with E-state index in [4.69, 9.17) is 9.47 Å². The highest BCUT2D eigenvalue weighted by Gasteiger charge is 2.23. The molecular weight excluding hydrogens is 562 g/mol. The number of carbonyl (C=O) groups excluding carboxylic acids is 2. The lowest BCUT2D eigenvalue weighted by Gasteiger charge is -2.28. The van der Waals surface area contributed by atoms with Crippen LogP contribution >= 0.6 is 0 Å². The molecule has 0 unspecified atom stereocenters. The zero-order valence-corrected chi connectivity index (χ0v) is 26.5. The molecule has 232 valence electrons. The van der Waals surface area contributed by atoms with E-state index in [1.807, 2.05) is 87.2 Å². The summed E-state index contributed by atoms with van der Waals surface area (Å²) in [5.41, 5.74) is 7.87. The van der Waals surface area contributed by atoms with Crippen molar-refractivity contribution < 1.29 is 19.1 Å². The average Bonchev–Trinajstić information content (AvgIpc) is 3.65. The standard InChI is InChI=1S/C32H37N3O4.C6H4/c1-5-28-26(12-9-17-33-28)30(36)35-18-15-25(16-19-35)27-20-24(21-34-31(37)39-32(2,3)4)13-14-29(27)38-22-23-10-7-6-8-11-23;1-2-5-4-6(5)3-1/h6-15,17,20H,5,16,18-19,21-22H2,1-4H3,(H,34,37);1-4H. The van der Waals surface area contributed by atoms with Gasteiger partial charge in [-0.2, -0.15) is 0 Å². The fourth-order valence-electron chi connectivity index (χ4n) is 5.15. The molecule has 0 atom stereocenters. The van der Waals surface area contributed by atoms with E-state index < -0.39 is 11.7 Å². The SMILES string of the molecule is CCc1ncccc1C(=O)N1CC=C(c2cc(CNC(=O)OC(C)(C)C)ccc2OCc2ccccc2)CC1.c1cc2cc-2c1. The van der Waals surface area contributed by atoms with Crippen molar-refractivity contribution in [2.24, 2.45) is 0 Å². The zero-order valence-electron chi connectivity index (χ0n) is 26.5. The molecule has 0 saturated heterocycles. The molecule has 1 aromatic heterocycles. The molecule has 3 aliphatic rings. The number of nitrogens with one attached hydrogen (secondary N) is 1. The van der Waals surface area contributed by atoms with Gasteiger partial charge in [-0.1, -0.05) is 67.6 Å². The van der Waals surface area contributed by atoms with E-state index in [9.17, 15) is 9.59 Å². The van der Waals surface area contributed by atoms with Gasteiger partial charge in [0.05, 0.1) is 11.3 Å². The maximum absolute atomic E-state index is 13.2. The quantitative estimate of drug-likeness (QED) is 0.195. The maximum atomic E-state index is 13.2. The molecule has 0 fully saturated rings. The molecule has 3 aromatic rings. The first kappa shape index (κ1) is 31.5. The number of aryl methyl sites for hydroxylation is 1. The van der Waals surface area contributed by atoms with Gasteiger partial charge in [-0.15, -0.1) is 0 Å². The molecule has 7 nitrogen and oxygen atoms in total. The van der Waals surface area contributed by atoms with Crippen LogP contribution in [0.3, 0.4) is 0 Å². The fraction of sp³-hybridized carbons (Fsp3) is 0.289. The van der Waals surface area contributed by atoms with Gasteiger partial charge in [-0.3, -0.25) is 9.78 Å². The summed E-state index contributed by atoms with van der Waals surface area (Å²) in [6, 6.07) is 28.1. The second-order valence-electron chi connectivity index (χ2n) is 12.1. The van der Waals surface area contributed by atoms with Crippen LogP contribution in [0.1, 0.15) is 66.9 Å². The monoisotopic (exact) mass is 603 g/mol. The lowest BCUT2D eigenvalue weighted by Crippen LogP contribution is -2.35. The average molecular weight is 604 g/mol. The Bertz CT molecular complexity index is 1660. The Morgan fingerprint density at radius 1 is 0.911 bits per heavy atom. The van der Waals surface area contributed by atoms with Crippen LogP contribution < -0.4 is 10.1 Å². The van der Waals surface area contributed by atoms with E-state index in [2.05, 4.69) is 46.7 Å². The lowest BCUT2D eigenvalue weighted by atomic mass is 9.96. The molecule has 1 aliphatic heterocycles. The van der Waals surface area contributed by atoms with Crippen LogP contribution in [0.2, 0.25) is 0 Å². The molecule has 2 aliphatic carbocycles. The molecule has 0 spiro atoms. The Balaban J connectivity index is 0.000000586. The number of rotatable bonds is 8. The van der Waals surface area contributed by atoms with Crippen LogP contribution in [0.15, 0.2) is 97.2 Å². The number of fused-ring (bicyclic) bond motifs is 1. The van der Waals surface area contributed by atoms with Crippen LogP contribution in [0.25, 0.3) is 16.7 Å². The number of alkyl carbamates (subject to hydrolysis) is 1. The topological polar surface area (TPSA) is 80.8 Å². The summed E-state index contributed by atoms with van der Waals surface area (Å²) in [5.74, 6) is 0.775. The predicted molar refractivity (Wildman–Crippen MR) is 178 cm³/mol. The third-order valence-electron chi connectivity index (χ3n) is 7.53. The predicted octanol–water partition coefficient (Wildman–Crippen LogP) is 7.84. The molecule has 6 rings (SSSR count). The number of aromatic nitrogens is 1. The van der Waals surface area contributed by atoms with Crippen LogP contribution in [0.4, 0.5) is 4.79 Å². The maximum Gasteiger partial charge on any atom is 0.407 e. The summed E-state index contributed by atoms with van der Waals surface area (Å²) in [6.45, 7) is 9.40. The summed E-state index contributed by atoms with van der Waals surface area (Å²) in [4.78, 5) is 31.7. The molecule has 45 heavy (non-hydrogen) atoms. The molecule has 0 radical (unpaired) electrons. The zero-order chi connectivity index (χ0) is 31.8. The van der Waals surface area contributed by atoms with Gasteiger partial charge in [-0.05, 0) is 91.8 Å². The molecular formula is C38H41N3O4. The highest BCUT2D eigenvalue weighted by molar-refractivity contribution is 5.96. The third kappa shape index (κ3) is 8.82. The van der Waals surface area contributed by atoms with Crippen molar-refractivity contribution in [1.82, 2.24) is 15.2 Å². The fourth-order valence-corrected chi connectivity index (χ4v) is 5.15. The first-order chi connectivity index (χ1) is 21.7. The second kappa shape index (κ2) is 14.2. The van der Waals surface area contributed by atoms with E-state index in [0.29, 0.717) is 44.6 Å². The smallest absolute Gasteiger partial charge is 0.407 e. The van der Waals surface area contributed by atoms with Crippen molar-refractivity contribution in [3.05, 3.63) is 125 Å². The van der Waals surface area contributed by atoms with Gasteiger partial charge in [0.2, 0.25) is 0 Å². The van der Waals surface area contributed by atoms with Crippen LogP contribution in [-0.4, -0.2) is 40.6 Å². The third-order valence-corrected chi connectivity index (χ3v) is 7.53. The van der Waals surface area contributed by atoms with Crippen molar-refractivity contribution in [3.8, 4) is 16.9 Å². The largest absolute Gasteiger partial charge is 0.488 e. The van der Waals surface area contributed by atoms with Crippen LogP contribution in [0.5, 0.6) is 5.75 Å². The van der Waals surface area contributed by atoms with E-state index in [1.165, 1.54) is 11.1 Å². The second-order valence-corrected chi connectivity index (χ2v) is 12.1. The number of nitrogens with zero attached hydrogens (tertiary/aromatic N) is 2. The van der Waals surface area contributed by atoms with Crippen LogP contribution in [0, 0.1) is 0 Å². The van der Waals surface area contributed by atoms with Crippen molar-refractivity contribution >= 4 is 17.6 Å². The number of carbonyl (C=O) groups is 2. The van der Waals surface area contributed by atoms with Gasteiger partial charge >= 0.3 is 6.09 Å². The highest BCUT2D eigenvalue weighted by atomic mass is 16.6. The number of benzene rings is 3. The Labute approximate surface area is 265 Å². The normalized spacial score (nSPS) is 13.2. The Kier molecular flexibility index (Phi) is 9.98. The van der Waals surface area contributed by atoms with Gasteiger partial charge in [-0.25, -0.2) is 4.79 Å². The van der Waals surface area contributed by atoms with Gasteiger partial charge in [0.15, 0.2) is 0 Å². The van der Waals surface area contributed by atoms with E-state index >= 15 is 0 Å². The first-order valence-corrected chi connectivity index (χ1v) is 15.5. The molecule has 0 saturated carbocycles. The Morgan fingerprint density at radius 3 is 2.31 bits per heavy atom. The number of hydrogen-bond acceptors (Lipinski definition) is 5. The van der Waals surface area contributed by atoms with Crippen LogP contribution in [-0.2, 0) is 24.3 Å². The minimum atomic E-state index is -0.561. The minimum Gasteiger partial charge on any atom is -0.488 e. The Morgan fingerprint density at radius 2 is 1.69 bits per heavy atom. The molecule has 1 N–H and O–H groups in total. The number of pyridine rings is 1.